The standard InChI is InChI=1S/C44H28N4O4.Au/c49-29-9-1-25(2-10-29)41-33-17-19-35(45-33)42(26-3-11-30(50)12-4-26)37-21-23-39(47-37)44(28-7-15-32(52)16-8-28)40-24-22-38(48-40)43(36-20-18-34(41)46-36)27-5-13-31(51)14-6-27;/h1-24H,(H4-2,45,46,47,48,49,50,51,52);/q-2;. The predicted octanol–water partition coefficient (Wildman–Crippen LogP) is 9.40. The Morgan fingerprint density at radius 2 is 0.509 bits per heavy atom. The average molecular weight is 874 g/mol. The molecule has 2 aliphatic heterocycles. The van der Waals surface area contributed by atoms with E-state index in [0.29, 0.717) is 44.8 Å². The smallest absolute Gasteiger partial charge is 0.115 e. The van der Waals surface area contributed by atoms with Crippen LogP contribution < -0.4 is 9.97 Å². The Morgan fingerprint density at radius 3 is 0.717 bits per heavy atom. The number of rotatable bonds is 4. The minimum atomic E-state index is 0. The maximum atomic E-state index is 10.2. The molecule has 9 heteroatoms. The van der Waals surface area contributed by atoms with Crippen molar-refractivity contribution in [3.8, 4) is 67.5 Å². The van der Waals surface area contributed by atoms with Gasteiger partial charge in [0.15, 0.2) is 0 Å². The van der Waals surface area contributed by atoms with Crippen molar-refractivity contribution in [2.24, 2.45) is 0 Å². The molecule has 0 amide bonds. The molecule has 0 unspecified atom stereocenters. The first-order chi connectivity index (χ1) is 25.4. The molecule has 0 atom stereocenters. The molecular weight excluding hydrogens is 845 g/mol. The van der Waals surface area contributed by atoms with Gasteiger partial charge in [-0.2, -0.15) is 0 Å². The zero-order chi connectivity index (χ0) is 35.3. The number of phenols is 4. The maximum Gasteiger partial charge on any atom is 0.115 e. The summed E-state index contributed by atoms with van der Waals surface area (Å²) in [5.74, 6) is 0.594. The van der Waals surface area contributed by atoms with Gasteiger partial charge in [-0.05, 0) is 117 Å². The number of nitrogens with zero attached hydrogens (tertiary/aromatic N) is 4. The Balaban J connectivity index is 0.00000400. The van der Waals surface area contributed by atoms with Crippen molar-refractivity contribution in [1.82, 2.24) is 19.9 Å². The second kappa shape index (κ2) is 13.5. The van der Waals surface area contributed by atoms with Gasteiger partial charge in [0.2, 0.25) is 0 Å². The number of hydrogen-bond donors (Lipinski definition) is 4. The van der Waals surface area contributed by atoms with Crippen molar-refractivity contribution in [3.63, 3.8) is 0 Å². The number of aromatic nitrogens is 4. The SMILES string of the molecule is Oc1ccc(-c2c3nc(c(-c4ccc(O)cc4)c4ccc([n-]4)c(-c4ccc(O)cc4)c4nc(c(-c5ccc(O)cc5)c5ccc2[n-]5)C=C4)C=C3)cc1.[Au]. The fraction of sp³-hybridized carbons (Fsp3) is 0. The molecule has 5 heterocycles. The maximum absolute atomic E-state index is 10.2. The van der Waals surface area contributed by atoms with Gasteiger partial charge in [0.05, 0.1) is 22.8 Å². The fourth-order valence-electron chi connectivity index (χ4n) is 6.78. The van der Waals surface area contributed by atoms with E-state index in [1.54, 1.807) is 48.5 Å². The van der Waals surface area contributed by atoms with Crippen molar-refractivity contribution < 1.29 is 42.8 Å². The van der Waals surface area contributed by atoms with Crippen molar-refractivity contribution in [1.29, 1.82) is 0 Å². The van der Waals surface area contributed by atoms with Gasteiger partial charge in [0.25, 0.3) is 0 Å². The van der Waals surface area contributed by atoms with E-state index in [-0.39, 0.29) is 45.4 Å². The summed E-state index contributed by atoms with van der Waals surface area (Å²) in [6.45, 7) is 0. The van der Waals surface area contributed by atoms with Crippen LogP contribution in [0, 0.1) is 0 Å². The van der Waals surface area contributed by atoms with Gasteiger partial charge in [0.1, 0.15) is 23.0 Å². The molecule has 4 aromatic carbocycles. The van der Waals surface area contributed by atoms with Crippen LogP contribution in [0.15, 0.2) is 121 Å². The molecule has 1 radical (unpaired) electrons. The van der Waals surface area contributed by atoms with Gasteiger partial charge >= 0.3 is 0 Å². The summed E-state index contributed by atoms with van der Waals surface area (Å²) in [4.78, 5) is 20.8. The number of benzene rings is 4. The number of aromatic hydroxyl groups is 4. The third kappa shape index (κ3) is 6.21. The van der Waals surface area contributed by atoms with Gasteiger partial charge in [-0.3, -0.25) is 0 Å². The number of phenolic OH excluding ortho intramolecular Hbond substituents is 4. The summed E-state index contributed by atoms with van der Waals surface area (Å²) in [7, 11) is 0. The fourth-order valence-corrected chi connectivity index (χ4v) is 6.78. The molecule has 0 aliphatic carbocycles. The zero-order valence-corrected chi connectivity index (χ0v) is 29.9. The van der Waals surface area contributed by atoms with Crippen LogP contribution in [0.2, 0.25) is 0 Å². The second-order valence-electron chi connectivity index (χ2n) is 12.5. The summed E-state index contributed by atoms with van der Waals surface area (Å²) in [6.07, 6.45) is 7.82. The Kier molecular flexibility index (Phi) is 8.56. The summed E-state index contributed by atoms with van der Waals surface area (Å²) >= 11 is 0. The molecule has 9 rings (SSSR count). The third-order valence-electron chi connectivity index (χ3n) is 9.23. The Hall–Kier alpha value is -6.58. The monoisotopic (exact) mass is 873 g/mol. The van der Waals surface area contributed by atoms with Gasteiger partial charge in [-0.1, -0.05) is 72.8 Å². The van der Waals surface area contributed by atoms with Crippen LogP contribution in [0.4, 0.5) is 0 Å². The first kappa shape index (κ1) is 33.6. The first-order valence-electron chi connectivity index (χ1n) is 16.6. The van der Waals surface area contributed by atoms with E-state index in [4.69, 9.17) is 19.9 Å². The van der Waals surface area contributed by atoms with Crippen molar-refractivity contribution in [2.45, 2.75) is 0 Å². The van der Waals surface area contributed by atoms with Crippen LogP contribution in [0.25, 0.3) is 90.9 Å². The summed E-state index contributed by atoms with van der Waals surface area (Å²) in [5.41, 5.74) is 11.8. The third-order valence-corrected chi connectivity index (χ3v) is 9.23. The molecule has 7 aromatic rings. The van der Waals surface area contributed by atoms with Crippen LogP contribution in [0.3, 0.4) is 0 Å². The average Bonchev–Trinajstić information content (AvgIpc) is 3.99. The molecule has 0 fully saturated rings. The van der Waals surface area contributed by atoms with Crippen molar-refractivity contribution in [2.75, 3.05) is 0 Å². The van der Waals surface area contributed by atoms with Gasteiger partial charge in [0, 0.05) is 22.4 Å². The quantitative estimate of drug-likeness (QED) is 0.129. The molecule has 0 spiro atoms. The summed E-state index contributed by atoms with van der Waals surface area (Å²) in [5, 5.41) is 40.6. The largest absolute Gasteiger partial charge is 0.657 e. The molecule has 2 aliphatic rings. The molecule has 3 aromatic heterocycles. The minimum absolute atomic E-state index is 0. The first-order valence-corrected chi connectivity index (χ1v) is 16.6. The van der Waals surface area contributed by atoms with Crippen LogP contribution in [-0.4, -0.2) is 30.4 Å². The Morgan fingerprint density at radius 1 is 0.302 bits per heavy atom. The molecule has 0 saturated heterocycles. The predicted molar refractivity (Wildman–Crippen MR) is 205 cm³/mol. The molecule has 4 N–H and O–H groups in total. The second-order valence-corrected chi connectivity index (χ2v) is 12.5. The van der Waals surface area contributed by atoms with Crippen LogP contribution >= 0.6 is 0 Å². The summed E-state index contributed by atoms with van der Waals surface area (Å²) < 4.78 is 0. The van der Waals surface area contributed by atoms with E-state index in [0.717, 1.165) is 44.5 Å². The normalized spacial score (nSPS) is 11.8. The topological polar surface area (TPSA) is 135 Å². The van der Waals surface area contributed by atoms with Crippen molar-refractivity contribution >= 4 is 46.4 Å². The minimum Gasteiger partial charge on any atom is -0.657 e. The van der Waals surface area contributed by atoms with Gasteiger partial charge < -0.3 is 30.4 Å². The Labute approximate surface area is 319 Å². The van der Waals surface area contributed by atoms with E-state index >= 15 is 0 Å². The molecule has 8 nitrogen and oxygen atoms in total. The van der Waals surface area contributed by atoms with Crippen molar-refractivity contribution in [3.05, 3.63) is 144 Å². The molecule has 53 heavy (non-hydrogen) atoms. The van der Waals surface area contributed by atoms with Crippen LogP contribution in [-0.2, 0) is 22.4 Å². The van der Waals surface area contributed by atoms with Gasteiger partial charge in [-0.25, -0.2) is 9.97 Å². The van der Waals surface area contributed by atoms with Crippen LogP contribution in [0.5, 0.6) is 23.0 Å². The molecule has 8 bridgehead atoms. The Bertz CT molecular complexity index is 2370. The molecule has 0 saturated carbocycles. The van der Waals surface area contributed by atoms with Gasteiger partial charge in [-0.15, -0.1) is 22.1 Å². The molecule has 261 valence electrons. The van der Waals surface area contributed by atoms with E-state index in [1.165, 1.54) is 0 Å². The van der Waals surface area contributed by atoms with E-state index in [2.05, 4.69) is 0 Å². The van der Waals surface area contributed by atoms with E-state index in [1.807, 2.05) is 97.1 Å². The molecular formula is C44H28AuN4O4-2. The zero-order valence-electron chi connectivity index (χ0n) is 27.7. The van der Waals surface area contributed by atoms with E-state index in [9.17, 15) is 20.4 Å². The van der Waals surface area contributed by atoms with Crippen LogP contribution in [0.1, 0.15) is 22.8 Å². The summed E-state index contributed by atoms with van der Waals surface area (Å²) in [6, 6.07) is 35.7. The number of hydrogen-bond acceptors (Lipinski definition) is 6. The van der Waals surface area contributed by atoms with E-state index < -0.39 is 0 Å². The number of fused-ring (bicyclic) bond motifs is 8.